The number of ether oxygens (including phenoxy) is 1. The van der Waals surface area contributed by atoms with E-state index in [1.165, 1.54) is 0 Å². The molecular weight excluding hydrogens is 204 g/mol. The fourth-order valence-corrected chi connectivity index (χ4v) is 1.64. The maximum atomic E-state index is 9.78. The van der Waals surface area contributed by atoms with Gasteiger partial charge in [-0.25, -0.2) is 0 Å². The zero-order valence-electron chi connectivity index (χ0n) is 10.3. The Bertz CT molecular complexity index is 345. The molecule has 0 saturated heterocycles. The largest absolute Gasteiger partial charge is 0.508 e. The Hall–Kier alpha value is -1.06. The van der Waals surface area contributed by atoms with Crippen LogP contribution in [-0.4, -0.2) is 22.4 Å². The Morgan fingerprint density at radius 2 is 1.81 bits per heavy atom. The molecule has 0 saturated carbocycles. The molecule has 0 aliphatic heterocycles. The van der Waals surface area contributed by atoms with Crippen molar-refractivity contribution in [2.24, 2.45) is 0 Å². The van der Waals surface area contributed by atoms with Crippen LogP contribution >= 0.6 is 0 Å². The quantitative estimate of drug-likeness (QED) is 0.826. The molecule has 0 aromatic heterocycles. The molecule has 0 aliphatic carbocycles. The van der Waals surface area contributed by atoms with E-state index in [0.29, 0.717) is 5.56 Å². The average molecular weight is 224 g/mol. The topological polar surface area (TPSA) is 49.7 Å². The molecule has 0 heterocycles. The standard InChI is InChI=1S/C13H20O3/c1-8(2)16-13(10(4)14)11-7-9(3)5-6-12(11)15/h5-8,10,13-15H,1-4H3. The maximum Gasteiger partial charge on any atom is 0.121 e. The molecule has 0 aliphatic rings. The monoisotopic (exact) mass is 224 g/mol. The Morgan fingerprint density at radius 1 is 1.19 bits per heavy atom. The third-order valence-corrected chi connectivity index (χ3v) is 2.35. The van der Waals surface area contributed by atoms with Gasteiger partial charge in [-0.15, -0.1) is 0 Å². The van der Waals surface area contributed by atoms with E-state index < -0.39 is 12.2 Å². The van der Waals surface area contributed by atoms with Crippen molar-refractivity contribution in [2.75, 3.05) is 0 Å². The van der Waals surface area contributed by atoms with Crippen molar-refractivity contribution < 1.29 is 14.9 Å². The molecule has 1 rings (SSSR count). The van der Waals surface area contributed by atoms with Crippen LogP contribution in [0.15, 0.2) is 18.2 Å². The van der Waals surface area contributed by atoms with E-state index in [1.54, 1.807) is 13.0 Å². The molecule has 0 radical (unpaired) electrons. The number of aliphatic hydroxyl groups is 1. The zero-order chi connectivity index (χ0) is 12.3. The summed E-state index contributed by atoms with van der Waals surface area (Å²) in [7, 11) is 0. The van der Waals surface area contributed by atoms with E-state index in [4.69, 9.17) is 4.74 Å². The Balaban J connectivity index is 3.05. The molecular formula is C13H20O3. The van der Waals surface area contributed by atoms with Gasteiger partial charge in [0.1, 0.15) is 11.9 Å². The lowest BCUT2D eigenvalue weighted by Crippen LogP contribution is -2.21. The summed E-state index contributed by atoms with van der Waals surface area (Å²) in [6.07, 6.45) is -1.14. The molecule has 16 heavy (non-hydrogen) atoms. The first-order chi connectivity index (χ1) is 7.41. The van der Waals surface area contributed by atoms with Gasteiger partial charge in [-0.05, 0) is 39.8 Å². The van der Waals surface area contributed by atoms with Crippen LogP contribution in [0.4, 0.5) is 0 Å². The average Bonchev–Trinajstić information content (AvgIpc) is 2.18. The van der Waals surface area contributed by atoms with Gasteiger partial charge in [0.2, 0.25) is 0 Å². The van der Waals surface area contributed by atoms with Crippen LogP contribution in [0.2, 0.25) is 0 Å². The minimum absolute atomic E-state index is 0.000452. The van der Waals surface area contributed by atoms with E-state index in [0.717, 1.165) is 5.56 Å². The number of benzene rings is 1. The Labute approximate surface area is 96.7 Å². The molecule has 0 amide bonds. The summed E-state index contributed by atoms with van der Waals surface area (Å²) in [5.41, 5.74) is 1.68. The van der Waals surface area contributed by atoms with Gasteiger partial charge in [-0.2, -0.15) is 0 Å². The number of phenols is 1. The van der Waals surface area contributed by atoms with E-state index in [1.807, 2.05) is 32.9 Å². The third kappa shape index (κ3) is 3.22. The number of aryl methyl sites for hydroxylation is 1. The molecule has 0 fully saturated rings. The number of aliphatic hydroxyl groups excluding tert-OH is 1. The van der Waals surface area contributed by atoms with Crippen molar-refractivity contribution in [3.05, 3.63) is 29.3 Å². The van der Waals surface area contributed by atoms with Crippen molar-refractivity contribution in [1.29, 1.82) is 0 Å². The van der Waals surface area contributed by atoms with Crippen molar-refractivity contribution >= 4 is 0 Å². The second-order valence-corrected chi connectivity index (χ2v) is 4.41. The van der Waals surface area contributed by atoms with Crippen molar-refractivity contribution in [1.82, 2.24) is 0 Å². The number of aromatic hydroxyl groups is 1. The molecule has 1 aromatic rings. The van der Waals surface area contributed by atoms with Crippen LogP contribution in [0.25, 0.3) is 0 Å². The van der Waals surface area contributed by atoms with E-state index in [2.05, 4.69) is 0 Å². The first-order valence-corrected chi connectivity index (χ1v) is 5.55. The summed E-state index contributed by atoms with van der Waals surface area (Å²) in [5.74, 6) is 0.164. The first-order valence-electron chi connectivity index (χ1n) is 5.55. The van der Waals surface area contributed by atoms with Gasteiger partial charge in [0.05, 0.1) is 12.2 Å². The molecule has 0 bridgehead atoms. The SMILES string of the molecule is Cc1ccc(O)c(C(OC(C)C)C(C)O)c1. The number of phenolic OH excluding ortho intramolecular Hbond substituents is 1. The molecule has 3 heteroatoms. The van der Waals surface area contributed by atoms with E-state index >= 15 is 0 Å². The fraction of sp³-hybridized carbons (Fsp3) is 0.538. The summed E-state index contributed by atoms with van der Waals surface area (Å²) in [6, 6.07) is 5.30. The molecule has 2 unspecified atom stereocenters. The van der Waals surface area contributed by atoms with Crippen molar-refractivity contribution in [3.8, 4) is 5.75 Å². The van der Waals surface area contributed by atoms with Gasteiger partial charge in [0, 0.05) is 5.56 Å². The van der Waals surface area contributed by atoms with Crippen LogP contribution in [0, 0.1) is 6.92 Å². The summed E-state index contributed by atoms with van der Waals surface area (Å²) in [4.78, 5) is 0. The second kappa shape index (κ2) is 5.32. The predicted molar refractivity (Wildman–Crippen MR) is 63.5 cm³/mol. The minimum Gasteiger partial charge on any atom is -0.508 e. The molecule has 3 nitrogen and oxygen atoms in total. The van der Waals surface area contributed by atoms with E-state index in [9.17, 15) is 10.2 Å². The van der Waals surface area contributed by atoms with Crippen LogP contribution < -0.4 is 0 Å². The summed E-state index contributed by atoms with van der Waals surface area (Å²) in [5, 5.41) is 19.5. The van der Waals surface area contributed by atoms with Gasteiger partial charge < -0.3 is 14.9 Å². The van der Waals surface area contributed by atoms with Gasteiger partial charge in [-0.1, -0.05) is 11.6 Å². The predicted octanol–water partition coefficient (Wildman–Crippen LogP) is 2.55. The molecule has 2 N–H and O–H groups in total. The van der Waals surface area contributed by atoms with Gasteiger partial charge in [0.15, 0.2) is 0 Å². The highest BCUT2D eigenvalue weighted by Gasteiger charge is 2.22. The number of hydrogen-bond acceptors (Lipinski definition) is 3. The molecule has 2 atom stereocenters. The Morgan fingerprint density at radius 3 is 2.31 bits per heavy atom. The van der Waals surface area contributed by atoms with Crippen molar-refractivity contribution in [3.63, 3.8) is 0 Å². The highest BCUT2D eigenvalue weighted by molar-refractivity contribution is 5.37. The normalized spacial score (nSPS) is 15.1. The Kier molecular flexibility index (Phi) is 4.33. The second-order valence-electron chi connectivity index (χ2n) is 4.41. The van der Waals surface area contributed by atoms with Gasteiger partial charge >= 0.3 is 0 Å². The van der Waals surface area contributed by atoms with Crippen LogP contribution in [-0.2, 0) is 4.74 Å². The van der Waals surface area contributed by atoms with Crippen molar-refractivity contribution in [2.45, 2.75) is 46.0 Å². The van der Waals surface area contributed by atoms with Crippen LogP contribution in [0.3, 0.4) is 0 Å². The van der Waals surface area contributed by atoms with E-state index in [-0.39, 0.29) is 11.9 Å². The highest BCUT2D eigenvalue weighted by atomic mass is 16.5. The first kappa shape index (κ1) is 13.0. The smallest absolute Gasteiger partial charge is 0.121 e. The molecule has 90 valence electrons. The summed E-state index contributed by atoms with van der Waals surface area (Å²) in [6.45, 7) is 7.41. The van der Waals surface area contributed by atoms with Gasteiger partial charge in [0.25, 0.3) is 0 Å². The highest BCUT2D eigenvalue weighted by Crippen LogP contribution is 2.31. The third-order valence-electron chi connectivity index (χ3n) is 2.35. The van der Waals surface area contributed by atoms with Crippen LogP contribution in [0.1, 0.15) is 38.0 Å². The van der Waals surface area contributed by atoms with Crippen LogP contribution in [0.5, 0.6) is 5.75 Å². The lowest BCUT2D eigenvalue weighted by atomic mass is 10.0. The summed E-state index contributed by atoms with van der Waals surface area (Å²) >= 11 is 0. The maximum absolute atomic E-state index is 9.78. The summed E-state index contributed by atoms with van der Waals surface area (Å²) < 4.78 is 5.62. The number of hydrogen-bond donors (Lipinski definition) is 2. The lowest BCUT2D eigenvalue weighted by molar-refractivity contribution is -0.0613. The minimum atomic E-state index is -0.657. The van der Waals surface area contributed by atoms with Gasteiger partial charge in [-0.3, -0.25) is 0 Å². The molecule has 0 spiro atoms. The zero-order valence-corrected chi connectivity index (χ0v) is 10.3. The lowest BCUT2D eigenvalue weighted by Gasteiger charge is -2.24. The number of rotatable bonds is 4. The molecule has 1 aromatic carbocycles. The fourth-order valence-electron chi connectivity index (χ4n) is 1.64.